The molecule has 2 rings (SSSR count). The van der Waals surface area contributed by atoms with E-state index in [9.17, 15) is 4.39 Å². The van der Waals surface area contributed by atoms with Crippen molar-refractivity contribution in [1.29, 1.82) is 0 Å². The summed E-state index contributed by atoms with van der Waals surface area (Å²) in [6.45, 7) is 5.11. The summed E-state index contributed by atoms with van der Waals surface area (Å²) < 4.78 is 15.1. The number of halogens is 3. The van der Waals surface area contributed by atoms with Crippen molar-refractivity contribution in [1.82, 2.24) is 5.32 Å². The molecule has 1 N–H and O–H groups in total. The highest BCUT2D eigenvalue weighted by atomic mass is 79.9. The van der Waals surface area contributed by atoms with Crippen molar-refractivity contribution < 1.29 is 4.39 Å². The van der Waals surface area contributed by atoms with Crippen LogP contribution in [0.5, 0.6) is 0 Å². The van der Waals surface area contributed by atoms with E-state index in [1.807, 2.05) is 12.1 Å². The van der Waals surface area contributed by atoms with E-state index in [2.05, 4.69) is 69.2 Å². The van der Waals surface area contributed by atoms with Crippen molar-refractivity contribution >= 4 is 31.9 Å². The molecule has 0 spiro atoms. The molecular formula is C17H18Br2FN. The molecule has 0 aliphatic heterocycles. The van der Waals surface area contributed by atoms with Crippen LogP contribution in [0.25, 0.3) is 0 Å². The average molecular weight is 415 g/mol. The van der Waals surface area contributed by atoms with Gasteiger partial charge in [-0.25, -0.2) is 4.39 Å². The lowest BCUT2D eigenvalue weighted by molar-refractivity contribution is 0.589. The van der Waals surface area contributed by atoms with Gasteiger partial charge >= 0.3 is 0 Å². The van der Waals surface area contributed by atoms with Gasteiger partial charge in [-0.3, -0.25) is 0 Å². The Hall–Kier alpha value is -0.710. The Balaban J connectivity index is 2.47. The van der Waals surface area contributed by atoms with Gasteiger partial charge in [0.1, 0.15) is 5.82 Å². The standard InChI is InChI=1S/C17H18Br2FN/c1-3-9-21-17(12-7-8-15(20)14(18)10-12)13-6-4-5-11(2)16(13)19/h4-8,10,17,21H,3,9H2,1-2H3. The monoisotopic (exact) mass is 413 g/mol. The van der Waals surface area contributed by atoms with E-state index in [0.717, 1.165) is 23.0 Å². The summed E-state index contributed by atoms with van der Waals surface area (Å²) in [5.74, 6) is -0.240. The van der Waals surface area contributed by atoms with Crippen LogP contribution >= 0.6 is 31.9 Å². The van der Waals surface area contributed by atoms with E-state index < -0.39 is 0 Å². The van der Waals surface area contributed by atoms with Gasteiger partial charge in [0.2, 0.25) is 0 Å². The van der Waals surface area contributed by atoms with Crippen molar-refractivity contribution in [2.24, 2.45) is 0 Å². The molecule has 0 amide bonds. The first-order valence-electron chi connectivity index (χ1n) is 6.98. The number of hydrogen-bond acceptors (Lipinski definition) is 1. The molecule has 0 radical (unpaired) electrons. The smallest absolute Gasteiger partial charge is 0.137 e. The van der Waals surface area contributed by atoms with Gasteiger partial charge in [0.25, 0.3) is 0 Å². The highest BCUT2D eigenvalue weighted by molar-refractivity contribution is 9.10. The Kier molecular flexibility index (Phi) is 5.97. The van der Waals surface area contributed by atoms with Crippen molar-refractivity contribution in [2.45, 2.75) is 26.3 Å². The molecule has 2 aromatic rings. The second-order valence-corrected chi connectivity index (χ2v) is 6.69. The van der Waals surface area contributed by atoms with Gasteiger partial charge in [-0.05, 0) is 64.6 Å². The van der Waals surface area contributed by atoms with Crippen LogP contribution in [0.15, 0.2) is 45.3 Å². The molecular weight excluding hydrogens is 397 g/mol. The van der Waals surface area contributed by atoms with Crippen molar-refractivity contribution in [3.63, 3.8) is 0 Å². The van der Waals surface area contributed by atoms with Crippen LogP contribution < -0.4 is 5.32 Å². The largest absolute Gasteiger partial charge is 0.306 e. The lowest BCUT2D eigenvalue weighted by Gasteiger charge is -2.22. The molecule has 0 saturated heterocycles. The first-order chi connectivity index (χ1) is 10.0. The van der Waals surface area contributed by atoms with Crippen LogP contribution in [0.2, 0.25) is 0 Å². The highest BCUT2D eigenvalue weighted by Crippen LogP contribution is 2.32. The third kappa shape index (κ3) is 3.93. The highest BCUT2D eigenvalue weighted by Gasteiger charge is 2.18. The zero-order chi connectivity index (χ0) is 15.4. The minimum Gasteiger partial charge on any atom is -0.306 e. The molecule has 0 aliphatic carbocycles. The van der Waals surface area contributed by atoms with Crippen LogP contribution in [-0.4, -0.2) is 6.54 Å². The fourth-order valence-electron chi connectivity index (χ4n) is 2.28. The molecule has 1 unspecified atom stereocenters. The predicted molar refractivity (Wildman–Crippen MR) is 93.1 cm³/mol. The van der Waals surface area contributed by atoms with Crippen LogP contribution in [0.4, 0.5) is 4.39 Å². The van der Waals surface area contributed by atoms with E-state index in [4.69, 9.17) is 0 Å². The van der Waals surface area contributed by atoms with Crippen molar-refractivity contribution in [3.05, 3.63) is 67.9 Å². The maximum absolute atomic E-state index is 13.5. The molecule has 2 aromatic carbocycles. The quantitative estimate of drug-likeness (QED) is 0.656. The van der Waals surface area contributed by atoms with E-state index in [0.29, 0.717) is 4.47 Å². The summed E-state index contributed by atoms with van der Waals surface area (Å²) >= 11 is 6.95. The molecule has 0 heterocycles. The average Bonchev–Trinajstić information content (AvgIpc) is 2.47. The molecule has 0 aliphatic rings. The summed E-state index contributed by atoms with van der Waals surface area (Å²) in [4.78, 5) is 0. The van der Waals surface area contributed by atoms with Crippen LogP contribution in [0.3, 0.4) is 0 Å². The second kappa shape index (κ2) is 7.52. The van der Waals surface area contributed by atoms with Gasteiger partial charge in [-0.15, -0.1) is 0 Å². The van der Waals surface area contributed by atoms with E-state index in [1.54, 1.807) is 0 Å². The van der Waals surface area contributed by atoms with E-state index >= 15 is 0 Å². The van der Waals surface area contributed by atoms with Gasteiger partial charge in [0, 0.05) is 4.47 Å². The fraction of sp³-hybridized carbons (Fsp3) is 0.294. The number of benzene rings is 2. The molecule has 1 atom stereocenters. The Morgan fingerprint density at radius 1 is 1.19 bits per heavy atom. The van der Waals surface area contributed by atoms with Crippen LogP contribution in [0.1, 0.15) is 36.1 Å². The summed E-state index contributed by atoms with van der Waals surface area (Å²) in [6.07, 6.45) is 1.04. The minimum absolute atomic E-state index is 0.0381. The molecule has 4 heteroatoms. The summed E-state index contributed by atoms with van der Waals surface area (Å²) in [6, 6.07) is 11.4. The normalized spacial score (nSPS) is 12.4. The maximum atomic E-state index is 13.5. The molecule has 0 fully saturated rings. The molecule has 0 saturated carbocycles. The zero-order valence-electron chi connectivity index (χ0n) is 12.1. The molecule has 0 aromatic heterocycles. The Bertz CT molecular complexity index is 628. The minimum atomic E-state index is -0.240. The molecule has 112 valence electrons. The SMILES string of the molecule is CCCNC(c1ccc(F)c(Br)c1)c1cccc(C)c1Br. The van der Waals surface area contributed by atoms with E-state index in [-0.39, 0.29) is 11.9 Å². The number of aryl methyl sites for hydroxylation is 1. The second-order valence-electron chi connectivity index (χ2n) is 5.04. The number of nitrogens with one attached hydrogen (secondary N) is 1. The maximum Gasteiger partial charge on any atom is 0.137 e. The number of rotatable bonds is 5. The lowest BCUT2D eigenvalue weighted by atomic mass is 9.97. The first kappa shape index (κ1) is 16.7. The number of hydrogen-bond donors (Lipinski definition) is 1. The summed E-state index contributed by atoms with van der Waals surface area (Å²) in [7, 11) is 0. The third-order valence-electron chi connectivity index (χ3n) is 3.41. The fourth-order valence-corrected chi connectivity index (χ4v) is 3.17. The Morgan fingerprint density at radius 2 is 1.95 bits per heavy atom. The molecule has 21 heavy (non-hydrogen) atoms. The lowest BCUT2D eigenvalue weighted by Crippen LogP contribution is -2.23. The molecule has 0 bridgehead atoms. The first-order valence-corrected chi connectivity index (χ1v) is 8.56. The Morgan fingerprint density at radius 3 is 2.62 bits per heavy atom. The zero-order valence-corrected chi connectivity index (χ0v) is 15.3. The van der Waals surface area contributed by atoms with Crippen LogP contribution in [-0.2, 0) is 0 Å². The van der Waals surface area contributed by atoms with Crippen molar-refractivity contribution in [3.8, 4) is 0 Å². The topological polar surface area (TPSA) is 12.0 Å². The molecule has 1 nitrogen and oxygen atoms in total. The van der Waals surface area contributed by atoms with Gasteiger partial charge in [-0.1, -0.05) is 47.1 Å². The Labute approximate surface area is 142 Å². The van der Waals surface area contributed by atoms with Gasteiger partial charge in [0.15, 0.2) is 0 Å². The van der Waals surface area contributed by atoms with Gasteiger partial charge < -0.3 is 5.32 Å². The third-order valence-corrected chi connectivity index (χ3v) is 5.10. The summed E-state index contributed by atoms with van der Waals surface area (Å²) in [5, 5.41) is 3.54. The predicted octanol–water partition coefficient (Wildman–Crippen LogP) is 5.75. The van der Waals surface area contributed by atoms with Crippen LogP contribution in [0, 0.1) is 12.7 Å². The van der Waals surface area contributed by atoms with E-state index in [1.165, 1.54) is 17.2 Å². The van der Waals surface area contributed by atoms with Gasteiger partial charge in [0.05, 0.1) is 10.5 Å². The summed E-state index contributed by atoms with van der Waals surface area (Å²) in [5.41, 5.74) is 3.40. The van der Waals surface area contributed by atoms with Crippen molar-refractivity contribution in [2.75, 3.05) is 6.54 Å². The van der Waals surface area contributed by atoms with Gasteiger partial charge in [-0.2, -0.15) is 0 Å².